The number of rotatable bonds is 2. The molecule has 0 radical (unpaired) electrons. The van der Waals surface area contributed by atoms with Crippen molar-refractivity contribution in [2.45, 2.75) is 25.8 Å². The van der Waals surface area contributed by atoms with Gasteiger partial charge in [0.1, 0.15) is 0 Å². The fourth-order valence-electron chi connectivity index (χ4n) is 2.40. The van der Waals surface area contributed by atoms with E-state index >= 15 is 0 Å². The van der Waals surface area contributed by atoms with E-state index in [0.29, 0.717) is 18.5 Å². The van der Waals surface area contributed by atoms with Crippen molar-refractivity contribution >= 4 is 5.91 Å². The Bertz CT molecular complexity index is 377. The van der Waals surface area contributed by atoms with Gasteiger partial charge in [-0.25, -0.2) is 0 Å². The van der Waals surface area contributed by atoms with Crippen molar-refractivity contribution in [3.05, 3.63) is 35.9 Å². The minimum Gasteiger partial charge on any atom is -0.336 e. The van der Waals surface area contributed by atoms with Gasteiger partial charge in [0.05, 0.1) is 0 Å². The third kappa shape index (κ3) is 2.67. The average Bonchev–Trinajstić information content (AvgIpc) is 2.39. The van der Waals surface area contributed by atoms with Crippen LogP contribution in [0.2, 0.25) is 0 Å². The van der Waals surface area contributed by atoms with Crippen molar-refractivity contribution in [3.8, 4) is 0 Å². The summed E-state index contributed by atoms with van der Waals surface area (Å²) in [6.45, 7) is 3.59. The highest BCUT2D eigenvalue weighted by molar-refractivity contribution is 5.94. The van der Waals surface area contributed by atoms with Gasteiger partial charge >= 0.3 is 0 Å². The van der Waals surface area contributed by atoms with Crippen LogP contribution in [0.4, 0.5) is 0 Å². The zero-order valence-corrected chi connectivity index (χ0v) is 10.3. The predicted octanol–water partition coefficient (Wildman–Crippen LogP) is 1.89. The highest BCUT2D eigenvalue weighted by Crippen LogP contribution is 2.22. The number of carbonyl (C=O) groups excluding carboxylic acids is 1. The Balaban J connectivity index is 2.12. The molecular weight excluding hydrogens is 212 g/mol. The average molecular weight is 232 g/mol. The summed E-state index contributed by atoms with van der Waals surface area (Å²) in [4.78, 5) is 14.3. The van der Waals surface area contributed by atoms with Crippen LogP contribution in [-0.4, -0.2) is 29.9 Å². The number of amides is 1. The Morgan fingerprint density at radius 1 is 1.35 bits per heavy atom. The van der Waals surface area contributed by atoms with Crippen LogP contribution in [0.25, 0.3) is 0 Å². The van der Waals surface area contributed by atoms with E-state index in [-0.39, 0.29) is 5.91 Å². The van der Waals surface area contributed by atoms with Gasteiger partial charge in [-0.15, -0.1) is 0 Å². The van der Waals surface area contributed by atoms with E-state index in [1.807, 2.05) is 35.2 Å². The van der Waals surface area contributed by atoms with Gasteiger partial charge in [-0.05, 0) is 44.4 Å². The number of piperidine rings is 1. The van der Waals surface area contributed by atoms with E-state index < -0.39 is 0 Å². The fourth-order valence-corrected chi connectivity index (χ4v) is 2.40. The molecule has 0 saturated carbocycles. The van der Waals surface area contributed by atoms with E-state index in [0.717, 1.165) is 24.9 Å². The van der Waals surface area contributed by atoms with E-state index in [2.05, 4.69) is 6.92 Å². The van der Waals surface area contributed by atoms with Crippen LogP contribution in [-0.2, 0) is 0 Å². The molecule has 1 amide bonds. The van der Waals surface area contributed by atoms with Crippen LogP contribution in [0.3, 0.4) is 0 Å². The monoisotopic (exact) mass is 232 g/mol. The van der Waals surface area contributed by atoms with Crippen LogP contribution in [0, 0.1) is 5.92 Å². The Morgan fingerprint density at radius 3 is 2.71 bits per heavy atom. The van der Waals surface area contributed by atoms with Gasteiger partial charge in [0.15, 0.2) is 0 Å². The van der Waals surface area contributed by atoms with Crippen LogP contribution >= 0.6 is 0 Å². The molecule has 2 unspecified atom stereocenters. The number of likely N-dealkylation sites (tertiary alicyclic amines) is 1. The molecule has 0 aliphatic carbocycles. The number of carbonyl (C=O) groups is 1. The van der Waals surface area contributed by atoms with E-state index in [1.54, 1.807) is 0 Å². The molecule has 17 heavy (non-hydrogen) atoms. The molecule has 0 bridgehead atoms. The number of hydrogen-bond acceptors (Lipinski definition) is 2. The second-order valence-corrected chi connectivity index (χ2v) is 4.85. The maximum atomic E-state index is 12.4. The Morgan fingerprint density at radius 2 is 2.06 bits per heavy atom. The lowest BCUT2D eigenvalue weighted by Gasteiger charge is -2.37. The predicted molar refractivity (Wildman–Crippen MR) is 68.7 cm³/mol. The summed E-state index contributed by atoms with van der Waals surface area (Å²) in [7, 11) is 0. The van der Waals surface area contributed by atoms with Gasteiger partial charge in [-0.2, -0.15) is 0 Å². The molecule has 1 heterocycles. The standard InChI is InChI=1S/C14H20N2O/c1-11-7-8-12(9-15)10-16(11)14(17)13-5-3-2-4-6-13/h2-6,11-12H,7-10,15H2,1H3. The van der Waals surface area contributed by atoms with Gasteiger partial charge in [0.2, 0.25) is 0 Å². The normalized spacial score (nSPS) is 24.7. The Hall–Kier alpha value is -1.35. The molecule has 2 atom stereocenters. The zero-order chi connectivity index (χ0) is 12.3. The van der Waals surface area contributed by atoms with E-state index in [1.165, 1.54) is 0 Å². The molecular formula is C14H20N2O. The minimum absolute atomic E-state index is 0.135. The van der Waals surface area contributed by atoms with Gasteiger partial charge in [-0.1, -0.05) is 18.2 Å². The summed E-state index contributed by atoms with van der Waals surface area (Å²) < 4.78 is 0. The number of nitrogens with two attached hydrogens (primary N) is 1. The lowest BCUT2D eigenvalue weighted by atomic mass is 9.93. The number of nitrogens with zero attached hydrogens (tertiary/aromatic N) is 1. The second-order valence-electron chi connectivity index (χ2n) is 4.85. The molecule has 3 nitrogen and oxygen atoms in total. The highest BCUT2D eigenvalue weighted by atomic mass is 16.2. The Labute approximate surface area is 103 Å². The number of hydrogen-bond donors (Lipinski definition) is 1. The second kappa shape index (κ2) is 5.32. The molecule has 3 heteroatoms. The third-order valence-corrected chi connectivity index (χ3v) is 3.59. The van der Waals surface area contributed by atoms with Crippen molar-refractivity contribution in [3.63, 3.8) is 0 Å². The molecule has 1 aliphatic heterocycles. The molecule has 92 valence electrons. The first-order valence-corrected chi connectivity index (χ1v) is 6.28. The van der Waals surface area contributed by atoms with Crippen LogP contribution in [0.5, 0.6) is 0 Å². The summed E-state index contributed by atoms with van der Waals surface area (Å²) in [5.41, 5.74) is 6.49. The van der Waals surface area contributed by atoms with Crippen LogP contribution in [0.1, 0.15) is 30.1 Å². The first-order valence-electron chi connectivity index (χ1n) is 6.28. The summed E-state index contributed by atoms with van der Waals surface area (Å²) in [6, 6.07) is 9.82. The quantitative estimate of drug-likeness (QED) is 0.846. The van der Waals surface area contributed by atoms with Crippen molar-refractivity contribution in [2.24, 2.45) is 11.7 Å². The number of benzene rings is 1. The molecule has 1 aromatic carbocycles. The summed E-state index contributed by atoms with van der Waals surface area (Å²) in [5.74, 6) is 0.593. The van der Waals surface area contributed by atoms with Gasteiger partial charge < -0.3 is 10.6 Å². The maximum Gasteiger partial charge on any atom is 0.254 e. The lowest BCUT2D eigenvalue weighted by molar-refractivity contribution is 0.0567. The zero-order valence-electron chi connectivity index (χ0n) is 10.3. The largest absolute Gasteiger partial charge is 0.336 e. The molecule has 1 aliphatic rings. The molecule has 0 aromatic heterocycles. The van der Waals surface area contributed by atoms with Crippen molar-refractivity contribution in [1.82, 2.24) is 4.90 Å². The van der Waals surface area contributed by atoms with Crippen LogP contribution in [0.15, 0.2) is 30.3 Å². The Kier molecular flexibility index (Phi) is 3.79. The van der Waals surface area contributed by atoms with Crippen molar-refractivity contribution in [1.29, 1.82) is 0 Å². The van der Waals surface area contributed by atoms with Gasteiger partial charge in [0.25, 0.3) is 5.91 Å². The first-order chi connectivity index (χ1) is 8.22. The van der Waals surface area contributed by atoms with Gasteiger partial charge in [0, 0.05) is 18.2 Å². The smallest absolute Gasteiger partial charge is 0.254 e. The minimum atomic E-state index is 0.135. The van der Waals surface area contributed by atoms with Crippen molar-refractivity contribution in [2.75, 3.05) is 13.1 Å². The fraction of sp³-hybridized carbons (Fsp3) is 0.500. The van der Waals surface area contributed by atoms with Gasteiger partial charge in [-0.3, -0.25) is 4.79 Å². The maximum absolute atomic E-state index is 12.4. The first kappa shape index (κ1) is 12.1. The summed E-state index contributed by atoms with van der Waals surface area (Å²) in [6.07, 6.45) is 2.19. The van der Waals surface area contributed by atoms with E-state index in [9.17, 15) is 4.79 Å². The lowest BCUT2D eigenvalue weighted by Crippen LogP contribution is -2.47. The summed E-state index contributed by atoms with van der Waals surface area (Å²) in [5, 5.41) is 0. The van der Waals surface area contributed by atoms with E-state index in [4.69, 9.17) is 5.73 Å². The third-order valence-electron chi connectivity index (χ3n) is 3.59. The molecule has 0 spiro atoms. The molecule has 2 rings (SSSR count). The molecule has 2 N–H and O–H groups in total. The molecule has 1 saturated heterocycles. The summed E-state index contributed by atoms with van der Waals surface area (Å²) >= 11 is 0. The SMILES string of the molecule is CC1CCC(CN)CN1C(=O)c1ccccc1. The molecule has 1 fully saturated rings. The topological polar surface area (TPSA) is 46.3 Å². The van der Waals surface area contributed by atoms with Crippen LogP contribution < -0.4 is 5.73 Å². The highest BCUT2D eigenvalue weighted by Gasteiger charge is 2.28. The van der Waals surface area contributed by atoms with Crippen molar-refractivity contribution < 1.29 is 4.79 Å². The molecule has 1 aromatic rings.